The summed E-state index contributed by atoms with van der Waals surface area (Å²) >= 11 is 0. The molecule has 0 saturated heterocycles. The Balaban J connectivity index is 1.97. The van der Waals surface area contributed by atoms with E-state index in [0.29, 0.717) is 5.75 Å². The smallest absolute Gasteiger partial charge is 0.118 e. The highest BCUT2D eigenvalue weighted by Gasteiger charge is 2.16. The number of phenols is 1. The van der Waals surface area contributed by atoms with Gasteiger partial charge in [0, 0.05) is 6.42 Å². The molecule has 0 fully saturated rings. The van der Waals surface area contributed by atoms with Crippen molar-refractivity contribution < 1.29 is 9.84 Å². The first-order valence-corrected chi connectivity index (χ1v) is 9.18. The third kappa shape index (κ3) is 6.01. The Labute approximate surface area is 146 Å². The summed E-state index contributed by atoms with van der Waals surface area (Å²) in [5.41, 5.74) is 2.20. The molecule has 2 rings (SSSR count). The van der Waals surface area contributed by atoms with E-state index in [-0.39, 0.29) is 12.2 Å². The SMILES string of the molecule is CCCCCCC(OC(C)Cc1ccccc1O)c1ccccc1. The van der Waals surface area contributed by atoms with Gasteiger partial charge in [0.25, 0.3) is 0 Å². The van der Waals surface area contributed by atoms with Crippen molar-refractivity contribution in [2.45, 2.75) is 64.6 Å². The van der Waals surface area contributed by atoms with Gasteiger partial charge in [0.1, 0.15) is 5.75 Å². The van der Waals surface area contributed by atoms with Crippen molar-refractivity contribution in [2.24, 2.45) is 0 Å². The maximum absolute atomic E-state index is 9.96. The number of benzene rings is 2. The van der Waals surface area contributed by atoms with Gasteiger partial charge in [-0.05, 0) is 30.5 Å². The van der Waals surface area contributed by atoms with E-state index in [9.17, 15) is 5.11 Å². The molecule has 24 heavy (non-hydrogen) atoms. The molecule has 2 aromatic rings. The molecule has 130 valence electrons. The number of ether oxygens (including phenoxy) is 1. The van der Waals surface area contributed by atoms with Gasteiger partial charge in [0.2, 0.25) is 0 Å². The van der Waals surface area contributed by atoms with Crippen LogP contribution in [0.15, 0.2) is 54.6 Å². The second kappa shape index (κ2) is 10.1. The van der Waals surface area contributed by atoms with Crippen molar-refractivity contribution in [1.82, 2.24) is 0 Å². The summed E-state index contributed by atoms with van der Waals surface area (Å²) < 4.78 is 6.36. The molecule has 0 bridgehead atoms. The van der Waals surface area contributed by atoms with Gasteiger partial charge in [-0.15, -0.1) is 0 Å². The number of aromatic hydroxyl groups is 1. The number of unbranched alkanes of at least 4 members (excludes halogenated alkanes) is 3. The van der Waals surface area contributed by atoms with E-state index in [2.05, 4.69) is 38.1 Å². The van der Waals surface area contributed by atoms with Crippen LogP contribution in [-0.4, -0.2) is 11.2 Å². The Morgan fingerprint density at radius 3 is 2.33 bits per heavy atom. The summed E-state index contributed by atoms with van der Waals surface area (Å²) in [6.45, 7) is 4.33. The molecule has 0 radical (unpaired) electrons. The quantitative estimate of drug-likeness (QED) is 0.538. The minimum atomic E-state index is 0.0645. The number of para-hydroxylation sites is 1. The van der Waals surface area contributed by atoms with E-state index in [4.69, 9.17) is 4.74 Å². The van der Waals surface area contributed by atoms with E-state index < -0.39 is 0 Å². The zero-order valence-corrected chi connectivity index (χ0v) is 14.9. The number of rotatable bonds is 10. The summed E-state index contributed by atoms with van der Waals surface area (Å²) in [5, 5.41) is 9.96. The highest BCUT2D eigenvalue weighted by molar-refractivity contribution is 5.32. The second-order valence-corrected chi connectivity index (χ2v) is 6.53. The van der Waals surface area contributed by atoms with Crippen LogP contribution in [-0.2, 0) is 11.2 Å². The van der Waals surface area contributed by atoms with Crippen LogP contribution >= 0.6 is 0 Å². The molecule has 0 aromatic heterocycles. The Bertz CT molecular complexity index is 580. The lowest BCUT2D eigenvalue weighted by Crippen LogP contribution is -2.16. The molecule has 0 aliphatic rings. The fourth-order valence-electron chi connectivity index (χ4n) is 3.06. The first-order valence-electron chi connectivity index (χ1n) is 9.18. The minimum Gasteiger partial charge on any atom is -0.508 e. The standard InChI is InChI=1S/C22H30O2/c1-3-4-5-9-16-22(19-12-7-6-8-13-19)24-18(2)17-20-14-10-11-15-21(20)23/h6-8,10-15,18,22-23H,3-5,9,16-17H2,1-2H3. The fourth-order valence-corrected chi connectivity index (χ4v) is 3.06. The van der Waals surface area contributed by atoms with E-state index in [1.165, 1.54) is 31.2 Å². The highest BCUT2D eigenvalue weighted by atomic mass is 16.5. The highest BCUT2D eigenvalue weighted by Crippen LogP contribution is 2.27. The molecule has 0 saturated carbocycles. The van der Waals surface area contributed by atoms with Crippen molar-refractivity contribution >= 4 is 0 Å². The molecule has 2 atom stereocenters. The monoisotopic (exact) mass is 326 g/mol. The van der Waals surface area contributed by atoms with Crippen molar-refractivity contribution in [2.75, 3.05) is 0 Å². The van der Waals surface area contributed by atoms with Crippen LogP contribution in [0.1, 0.15) is 63.2 Å². The molecule has 2 unspecified atom stereocenters. The summed E-state index contributed by atoms with van der Waals surface area (Å²) in [5.74, 6) is 0.354. The van der Waals surface area contributed by atoms with Crippen molar-refractivity contribution in [3.05, 3.63) is 65.7 Å². The molecule has 0 heterocycles. The molecular weight excluding hydrogens is 296 g/mol. The van der Waals surface area contributed by atoms with Gasteiger partial charge in [0.05, 0.1) is 12.2 Å². The van der Waals surface area contributed by atoms with Crippen molar-refractivity contribution in [3.63, 3.8) is 0 Å². The average molecular weight is 326 g/mol. The van der Waals surface area contributed by atoms with E-state index in [1.54, 1.807) is 6.07 Å². The molecule has 0 aliphatic carbocycles. The lowest BCUT2D eigenvalue weighted by atomic mass is 10.0. The largest absolute Gasteiger partial charge is 0.508 e. The third-order valence-corrected chi connectivity index (χ3v) is 4.39. The van der Waals surface area contributed by atoms with Crippen LogP contribution in [0.4, 0.5) is 0 Å². The predicted molar refractivity (Wildman–Crippen MR) is 100 cm³/mol. The lowest BCUT2D eigenvalue weighted by molar-refractivity contribution is -0.00919. The molecule has 0 amide bonds. The first kappa shape index (κ1) is 18.5. The number of phenolic OH excluding ortho intramolecular Hbond substituents is 1. The predicted octanol–water partition coefficient (Wildman–Crippen LogP) is 6.05. The van der Waals surface area contributed by atoms with Crippen LogP contribution < -0.4 is 0 Å². The Kier molecular flexibility index (Phi) is 7.84. The second-order valence-electron chi connectivity index (χ2n) is 6.53. The van der Waals surface area contributed by atoms with Gasteiger partial charge in [0.15, 0.2) is 0 Å². The van der Waals surface area contributed by atoms with Crippen molar-refractivity contribution in [3.8, 4) is 5.75 Å². The van der Waals surface area contributed by atoms with E-state index in [0.717, 1.165) is 18.4 Å². The lowest BCUT2D eigenvalue weighted by Gasteiger charge is -2.23. The van der Waals surface area contributed by atoms with E-state index in [1.807, 2.05) is 24.3 Å². The van der Waals surface area contributed by atoms with Crippen LogP contribution in [0.25, 0.3) is 0 Å². The molecule has 0 aliphatic heterocycles. The molecular formula is C22H30O2. The Morgan fingerprint density at radius 2 is 1.62 bits per heavy atom. The molecule has 0 spiro atoms. The zero-order valence-electron chi connectivity index (χ0n) is 14.9. The Hall–Kier alpha value is -1.80. The van der Waals surface area contributed by atoms with Gasteiger partial charge in [-0.2, -0.15) is 0 Å². The topological polar surface area (TPSA) is 29.5 Å². The first-order chi connectivity index (χ1) is 11.7. The number of hydrogen-bond acceptors (Lipinski definition) is 2. The third-order valence-electron chi connectivity index (χ3n) is 4.39. The average Bonchev–Trinajstić information content (AvgIpc) is 2.60. The summed E-state index contributed by atoms with van der Waals surface area (Å²) in [7, 11) is 0. The summed E-state index contributed by atoms with van der Waals surface area (Å²) in [6, 6.07) is 18.0. The maximum atomic E-state index is 9.96. The number of hydrogen-bond donors (Lipinski definition) is 1. The molecule has 2 heteroatoms. The van der Waals surface area contributed by atoms with Crippen molar-refractivity contribution in [1.29, 1.82) is 0 Å². The minimum absolute atomic E-state index is 0.0645. The van der Waals surface area contributed by atoms with Crippen LogP contribution in [0, 0.1) is 0 Å². The van der Waals surface area contributed by atoms with Gasteiger partial charge >= 0.3 is 0 Å². The molecule has 2 nitrogen and oxygen atoms in total. The normalized spacial score (nSPS) is 13.6. The zero-order chi connectivity index (χ0) is 17.2. The molecule has 1 N–H and O–H groups in total. The van der Waals surface area contributed by atoms with Gasteiger partial charge in [-0.25, -0.2) is 0 Å². The van der Waals surface area contributed by atoms with Crippen LogP contribution in [0.5, 0.6) is 5.75 Å². The Morgan fingerprint density at radius 1 is 0.917 bits per heavy atom. The molecule has 2 aromatic carbocycles. The van der Waals surface area contributed by atoms with Gasteiger partial charge < -0.3 is 9.84 Å². The fraction of sp³-hybridized carbons (Fsp3) is 0.455. The van der Waals surface area contributed by atoms with Crippen LogP contribution in [0.3, 0.4) is 0 Å². The summed E-state index contributed by atoms with van der Waals surface area (Å²) in [4.78, 5) is 0. The van der Waals surface area contributed by atoms with E-state index >= 15 is 0 Å². The maximum Gasteiger partial charge on any atom is 0.118 e. The van der Waals surface area contributed by atoms with Gasteiger partial charge in [-0.1, -0.05) is 81.1 Å². The summed E-state index contributed by atoms with van der Waals surface area (Å²) in [6.07, 6.45) is 6.96. The van der Waals surface area contributed by atoms with Crippen LogP contribution in [0.2, 0.25) is 0 Å². The van der Waals surface area contributed by atoms with Gasteiger partial charge in [-0.3, -0.25) is 0 Å².